The van der Waals surface area contributed by atoms with Crippen molar-refractivity contribution in [2.45, 2.75) is 33.1 Å². The number of Topliss-reactive ketones (excluding diaryl/α,β-unsaturated/α-hetero) is 1. The van der Waals surface area contributed by atoms with E-state index in [4.69, 9.17) is 4.74 Å². The van der Waals surface area contributed by atoms with E-state index >= 15 is 0 Å². The molecule has 0 fully saturated rings. The van der Waals surface area contributed by atoms with Gasteiger partial charge in [-0.05, 0) is 44.0 Å². The molecular weight excluding hydrogens is 372 g/mol. The van der Waals surface area contributed by atoms with E-state index in [-0.39, 0.29) is 24.5 Å². The highest BCUT2D eigenvalue weighted by Crippen LogP contribution is 2.14. The van der Waals surface area contributed by atoms with Gasteiger partial charge in [-0.25, -0.2) is 0 Å². The van der Waals surface area contributed by atoms with Crippen LogP contribution in [0.3, 0.4) is 0 Å². The van der Waals surface area contributed by atoms with Gasteiger partial charge in [0, 0.05) is 29.8 Å². The van der Waals surface area contributed by atoms with Crippen LogP contribution < -0.4 is 10.6 Å². The number of rotatable bonds is 9. The number of hydrogen-bond acceptors (Lipinski definition) is 5. The number of ether oxygens (including phenoxy) is 1. The molecule has 0 bridgehead atoms. The number of amides is 2. The minimum atomic E-state index is -0.554. The maximum Gasteiger partial charge on any atom is 0.306 e. The molecule has 2 rings (SSSR count). The Bertz CT molecular complexity index is 908. The van der Waals surface area contributed by atoms with Crippen molar-refractivity contribution in [2.75, 3.05) is 17.2 Å². The molecule has 2 aromatic carbocycles. The van der Waals surface area contributed by atoms with Crippen molar-refractivity contribution < 1.29 is 23.9 Å². The van der Waals surface area contributed by atoms with Crippen molar-refractivity contribution in [3.63, 3.8) is 0 Å². The molecule has 0 atom stereocenters. The van der Waals surface area contributed by atoms with Crippen LogP contribution >= 0.6 is 0 Å². The Balaban J connectivity index is 1.67. The molecular formula is C22H24N2O5. The van der Waals surface area contributed by atoms with Crippen LogP contribution in [0.25, 0.3) is 0 Å². The van der Waals surface area contributed by atoms with Crippen molar-refractivity contribution in [1.29, 1.82) is 0 Å². The molecule has 0 saturated heterocycles. The fourth-order valence-corrected chi connectivity index (χ4v) is 2.55. The predicted octanol–water partition coefficient (Wildman–Crippen LogP) is 3.49. The highest BCUT2D eigenvalue weighted by molar-refractivity contribution is 5.97. The van der Waals surface area contributed by atoms with E-state index in [0.717, 1.165) is 11.3 Å². The molecule has 2 amide bonds. The van der Waals surface area contributed by atoms with Gasteiger partial charge in [0.15, 0.2) is 12.4 Å². The molecule has 29 heavy (non-hydrogen) atoms. The van der Waals surface area contributed by atoms with Gasteiger partial charge in [0.05, 0.1) is 0 Å². The summed E-state index contributed by atoms with van der Waals surface area (Å²) in [7, 11) is 0. The summed E-state index contributed by atoms with van der Waals surface area (Å²) in [5, 5.41) is 5.36. The Labute approximate surface area is 169 Å². The van der Waals surface area contributed by atoms with Crippen molar-refractivity contribution >= 4 is 34.9 Å². The third-order valence-electron chi connectivity index (χ3n) is 4.12. The van der Waals surface area contributed by atoms with Crippen LogP contribution in [-0.2, 0) is 19.1 Å². The summed E-state index contributed by atoms with van der Waals surface area (Å²) in [6.45, 7) is 2.90. The van der Waals surface area contributed by atoms with Crippen molar-refractivity contribution in [3.8, 4) is 0 Å². The molecule has 0 aliphatic carbocycles. The summed E-state index contributed by atoms with van der Waals surface area (Å²) in [6.07, 6.45) is 0.528. The predicted molar refractivity (Wildman–Crippen MR) is 110 cm³/mol. The van der Waals surface area contributed by atoms with Crippen LogP contribution in [0.2, 0.25) is 0 Å². The van der Waals surface area contributed by atoms with Gasteiger partial charge in [-0.15, -0.1) is 0 Å². The van der Waals surface area contributed by atoms with E-state index < -0.39 is 18.5 Å². The van der Waals surface area contributed by atoms with Crippen LogP contribution in [0.15, 0.2) is 48.5 Å². The van der Waals surface area contributed by atoms with Crippen LogP contribution in [0.4, 0.5) is 11.4 Å². The molecule has 0 heterocycles. The molecule has 0 aliphatic rings. The van der Waals surface area contributed by atoms with Crippen molar-refractivity contribution in [2.24, 2.45) is 0 Å². The minimum Gasteiger partial charge on any atom is -0.456 e. The average molecular weight is 396 g/mol. The van der Waals surface area contributed by atoms with Gasteiger partial charge in [0.25, 0.3) is 5.91 Å². The lowest BCUT2D eigenvalue weighted by molar-refractivity contribution is -0.147. The minimum absolute atomic E-state index is 0.0360. The number of esters is 1. The van der Waals surface area contributed by atoms with E-state index in [0.29, 0.717) is 17.7 Å². The molecule has 0 saturated carbocycles. The number of para-hydroxylation sites is 1. The molecule has 2 N–H and O–H groups in total. The van der Waals surface area contributed by atoms with E-state index in [1.54, 1.807) is 24.3 Å². The van der Waals surface area contributed by atoms with Crippen LogP contribution in [0.1, 0.15) is 42.1 Å². The Morgan fingerprint density at radius 3 is 2.38 bits per heavy atom. The number of ketones is 1. The zero-order valence-corrected chi connectivity index (χ0v) is 16.5. The largest absolute Gasteiger partial charge is 0.456 e. The Morgan fingerprint density at radius 1 is 0.897 bits per heavy atom. The zero-order valence-electron chi connectivity index (χ0n) is 16.5. The highest BCUT2D eigenvalue weighted by atomic mass is 16.5. The lowest BCUT2D eigenvalue weighted by Gasteiger charge is -2.09. The van der Waals surface area contributed by atoms with Crippen LogP contribution in [-0.4, -0.2) is 30.2 Å². The topological polar surface area (TPSA) is 102 Å². The number of nitrogens with one attached hydrogen (secondary N) is 2. The first-order chi connectivity index (χ1) is 13.8. The number of carbonyl (C=O) groups is 4. The quantitative estimate of drug-likeness (QED) is 0.499. The molecule has 0 aliphatic heterocycles. The van der Waals surface area contributed by atoms with Crippen molar-refractivity contribution in [3.05, 3.63) is 59.7 Å². The Hall–Kier alpha value is -3.48. The van der Waals surface area contributed by atoms with Crippen LogP contribution in [0, 0.1) is 6.92 Å². The van der Waals surface area contributed by atoms with Gasteiger partial charge in [-0.2, -0.15) is 0 Å². The van der Waals surface area contributed by atoms with Crippen molar-refractivity contribution in [1.82, 2.24) is 0 Å². The summed E-state index contributed by atoms with van der Waals surface area (Å²) < 4.78 is 4.92. The maximum absolute atomic E-state index is 11.9. The van der Waals surface area contributed by atoms with Gasteiger partial charge in [0.1, 0.15) is 0 Å². The normalized spacial score (nSPS) is 10.1. The fraction of sp³-hybridized carbons (Fsp3) is 0.273. The SMILES string of the molecule is CC(=O)c1cccc(NC(=O)COC(=O)CCCC(=O)Nc2ccccc2C)c1. The van der Waals surface area contributed by atoms with Gasteiger partial charge < -0.3 is 15.4 Å². The molecule has 152 valence electrons. The third kappa shape index (κ3) is 7.57. The summed E-state index contributed by atoms with van der Waals surface area (Å²) in [4.78, 5) is 46.9. The van der Waals surface area contributed by atoms with E-state index in [2.05, 4.69) is 10.6 Å². The molecule has 0 aromatic heterocycles. The number of benzene rings is 2. The highest BCUT2D eigenvalue weighted by Gasteiger charge is 2.11. The number of anilines is 2. The average Bonchev–Trinajstić information content (AvgIpc) is 2.68. The fourth-order valence-electron chi connectivity index (χ4n) is 2.55. The first-order valence-corrected chi connectivity index (χ1v) is 9.27. The van der Waals surface area contributed by atoms with Crippen LogP contribution in [0.5, 0.6) is 0 Å². The summed E-state index contributed by atoms with van der Waals surface area (Å²) in [5.74, 6) is -1.35. The van der Waals surface area contributed by atoms with E-state index in [1.807, 2.05) is 31.2 Å². The molecule has 7 nitrogen and oxygen atoms in total. The van der Waals surface area contributed by atoms with Gasteiger partial charge in [-0.1, -0.05) is 30.3 Å². The van der Waals surface area contributed by atoms with E-state index in [9.17, 15) is 19.2 Å². The molecule has 0 unspecified atom stereocenters. The lowest BCUT2D eigenvalue weighted by Crippen LogP contribution is -2.21. The number of carbonyl (C=O) groups excluding carboxylic acids is 4. The Morgan fingerprint density at radius 2 is 1.66 bits per heavy atom. The molecule has 0 radical (unpaired) electrons. The monoisotopic (exact) mass is 396 g/mol. The zero-order chi connectivity index (χ0) is 21.2. The maximum atomic E-state index is 11.9. The molecule has 2 aromatic rings. The van der Waals surface area contributed by atoms with E-state index in [1.165, 1.54) is 6.92 Å². The smallest absolute Gasteiger partial charge is 0.306 e. The standard InChI is InChI=1S/C22H24N2O5/c1-15-7-3-4-10-19(15)24-20(26)11-6-12-22(28)29-14-21(27)23-18-9-5-8-17(13-18)16(2)25/h3-5,7-10,13H,6,11-12,14H2,1-2H3,(H,23,27)(H,24,26). The Kier molecular flexibility index (Phi) is 8.09. The first kappa shape index (κ1) is 21.8. The number of hydrogen-bond donors (Lipinski definition) is 2. The second-order valence-electron chi connectivity index (χ2n) is 6.56. The second-order valence-corrected chi connectivity index (χ2v) is 6.56. The molecule has 0 spiro atoms. The van der Waals surface area contributed by atoms with Gasteiger partial charge >= 0.3 is 5.97 Å². The van der Waals surface area contributed by atoms with Gasteiger partial charge in [-0.3, -0.25) is 19.2 Å². The third-order valence-corrected chi connectivity index (χ3v) is 4.12. The number of aryl methyl sites for hydroxylation is 1. The summed E-state index contributed by atoms with van der Waals surface area (Å²) in [5.41, 5.74) is 2.63. The first-order valence-electron chi connectivity index (χ1n) is 9.27. The van der Waals surface area contributed by atoms with Gasteiger partial charge in [0.2, 0.25) is 5.91 Å². The molecule has 7 heteroatoms. The summed E-state index contributed by atoms with van der Waals surface area (Å²) in [6, 6.07) is 13.9. The summed E-state index contributed by atoms with van der Waals surface area (Å²) >= 11 is 0. The lowest BCUT2D eigenvalue weighted by atomic mass is 10.1. The second kappa shape index (κ2) is 10.8.